The molecular weight excluding hydrogens is 241 g/mol. The van der Waals surface area contributed by atoms with E-state index in [9.17, 15) is 13.2 Å². The van der Waals surface area contributed by atoms with Gasteiger partial charge in [0.1, 0.15) is 5.69 Å². The number of aromatic nitrogens is 1. The maximum absolute atomic E-state index is 13.0. The molecule has 0 unspecified atom stereocenters. The van der Waals surface area contributed by atoms with Gasteiger partial charge in [0.2, 0.25) is 0 Å². The quantitative estimate of drug-likeness (QED) is 0.850. The lowest BCUT2D eigenvalue weighted by Gasteiger charge is -2.07. The van der Waals surface area contributed by atoms with Gasteiger partial charge in [-0.3, -0.25) is 0 Å². The van der Waals surface area contributed by atoms with Crippen LogP contribution in [0, 0.1) is 13.8 Å². The second-order valence-electron chi connectivity index (χ2n) is 4.52. The van der Waals surface area contributed by atoms with Gasteiger partial charge in [-0.05, 0) is 44.0 Å². The third-order valence-corrected chi connectivity index (χ3v) is 3.03. The average molecular weight is 256 g/mol. The largest absolute Gasteiger partial charge is 0.431 e. The van der Waals surface area contributed by atoms with Crippen molar-refractivity contribution in [1.82, 2.24) is 4.98 Å². The Hall–Kier alpha value is -1.49. The predicted molar refractivity (Wildman–Crippen MR) is 65.5 cm³/mol. The Bertz CT molecular complexity index is 582. The van der Waals surface area contributed by atoms with Crippen LogP contribution in [0.1, 0.15) is 22.4 Å². The number of aryl methyl sites for hydroxylation is 2. The van der Waals surface area contributed by atoms with E-state index in [1.807, 2.05) is 13.0 Å². The Labute approximate surface area is 103 Å². The molecule has 0 radical (unpaired) electrons. The number of rotatable bonds is 2. The molecule has 0 amide bonds. The van der Waals surface area contributed by atoms with Crippen LogP contribution in [0.4, 0.5) is 13.2 Å². The summed E-state index contributed by atoms with van der Waals surface area (Å²) in [5.74, 6) is 0. The van der Waals surface area contributed by atoms with Gasteiger partial charge in [-0.2, -0.15) is 13.2 Å². The molecule has 0 atom stereocenters. The maximum Gasteiger partial charge on any atom is 0.431 e. The van der Waals surface area contributed by atoms with Crippen molar-refractivity contribution in [3.63, 3.8) is 0 Å². The van der Waals surface area contributed by atoms with E-state index in [2.05, 4.69) is 4.98 Å². The zero-order valence-corrected chi connectivity index (χ0v) is 10.3. The van der Waals surface area contributed by atoms with E-state index >= 15 is 0 Å². The van der Waals surface area contributed by atoms with Crippen molar-refractivity contribution in [1.29, 1.82) is 0 Å². The molecule has 1 aromatic heterocycles. The molecule has 2 rings (SSSR count). The van der Waals surface area contributed by atoms with Crippen LogP contribution < -0.4 is 5.73 Å². The topological polar surface area (TPSA) is 41.8 Å². The second-order valence-corrected chi connectivity index (χ2v) is 4.52. The Kier molecular flexibility index (Phi) is 3.11. The number of nitrogens with one attached hydrogen (secondary N) is 1. The lowest BCUT2D eigenvalue weighted by Crippen LogP contribution is -2.11. The van der Waals surface area contributed by atoms with Gasteiger partial charge in [0.15, 0.2) is 0 Å². The number of benzene rings is 1. The summed E-state index contributed by atoms with van der Waals surface area (Å²) in [5.41, 5.74) is 7.34. The first kappa shape index (κ1) is 13.0. The van der Waals surface area contributed by atoms with Gasteiger partial charge in [-0.15, -0.1) is 0 Å². The fourth-order valence-corrected chi connectivity index (χ4v) is 2.35. The number of H-pyrrole nitrogens is 1. The lowest BCUT2D eigenvalue weighted by molar-refractivity contribution is -0.141. The minimum atomic E-state index is -4.37. The van der Waals surface area contributed by atoms with Crippen LogP contribution in [0.5, 0.6) is 0 Å². The molecule has 0 saturated carbocycles. The molecule has 1 aromatic carbocycles. The van der Waals surface area contributed by atoms with Crippen molar-refractivity contribution in [2.75, 3.05) is 6.54 Å². The molecule has 18 heavy (non-hydrogen) atoms. The number of alkyl halides is 3. The van der Waals surface area contributed by atoms with E-state index in [1.165, 1.54) is 0 Å². The number of nitrogens with two attached hydrogens (primary N) is 1. The van der Waals surface area contributed by atoms with Crippen LogP contribution in [0.2, 0.25) is 0 Å². The molecular formula is C13H15F3N2. The normalized spacial score (nSPS) is 12.3. The molecule has 2 nitrogen and oxygen atoms in total. The number of aromatic amines is 1. The number of hydrogen-bond donors (Lipinski definition) is 2. The van der Waals surface area contributed by atoms with Crippen LogP contribution >= 0.6 is 0 Å². The summed E-state index contributed by atoms with van der Waals surface area (Å²) in [6.45, 7) is 3.88. The molecule has 3 N–H and O–H groups in total. The van der Waals surface area contributed by atoms with Crippen LogP contribution in [0.15, 0.2) is 12.1 Å². The summed E-state index contributed by atoms with van der Waals surface area (Å²) in [6, 6.07) is 3.64. The summed E-state index contributed by atoms with van der Waals surface area (Å²) >= 11 is 0. The van der Waals surface area contributed by atoms with E-state index in [0.717, 1.165) is 11.1 Å². The fraction of sp³-hybridized carbons (Fsp3) is 0.385. The van der Waals surface area contributed by atoms with Gasteiger partial charge in [0.05, 0.1) is 0 Å². The zero-order valence-electron chi connectivity index (χ0n) is 10.3. The highest BCUT2D eigenvalue weighted by Gasteiger charge is 2.36. The Morgan fingerprint density at radius 1 is 1.22 bits per heavy atom. The van der Waals surface area contributed by atoms with Crippen LogP contribution in [0.3, 0.4) is 0 Å². The molecule has 0 aliphatic heterocycles. The fourth-order valence-electron chi connectivity index (χ4n) is 2.35. The Morgan fingerprint density at radius 2 is 1.89 bits per heavy atom. The third kappa shape index (κ3) is 2.10. The van der Waals surface area contributed by atoms with Gasteiger partial charge < -0.3 is 10.7 Å². The van der Waals surface area contributed by atoms with Gasteiger partial charge in [0, 0.05) is 10.9 Å². The van der Waals surface area contributed by atoms with Crippen LogP contribution in [-0.2, 0) is 12.6 Å². The van der Waals surface area contributed by atoms with Crippen molar-refractivity contribution in [2.24, 2.45) is 5.73 Å². The van der Waals surface area contributed by atoms with E-state index in [4.69, 9.17) is 5.73 Å². The van der Waals surface area contributed by atoms with Crippen molar-refractivity contribution in [3.05, 3.63) is 34.5 Å². The van der Waals surface area contributed by atoms with Gasteiger partial charge in [-0.1, -0.05) is 11.6 Å². The summed E-state index contributed by atoms with van der Waals surface area (Å²) in [5, 5.41) is 0.630. The highest BCUT2D eigenvalue weighted by molar-refractivity contribution is 5.88. The molecule has 2 aromatic rings. The van der Waals surface area contributed by atoms with Crippen molar-refractivity contribution in [3.8, 4) is 0 Å². The summed E-state index contributed by atoms with van der Waals surface area (Å²) in [4.78, 5) is 2.50. The van der Waals surface area contributed by atoms with Crippen molar-refractivity contribution < 1.29 is 13.2 Å². The molecule has 0 spiro atoms. The molecule has 1 heterocycles. The van der Waals surface area contributed by atoms with E-state index in [-0.39, 0.29) is 18.5 Å². The molecule has 98 valence electrons. The number of fused-ring (bicyclic) bond motifs is 1. The maximum atomic E-state index is 13.0. The van der Waals surface area contributed by atoms with Gasteiger partial charge in [0.25, 0.3) is 0 Å². The van der Waals surface area contributed by atoms with Crippen molar-refractivity contribution >= 4 is 10.9 Å². The highest BCUT2D eigenvalue weighted by Crippen LogP contribution is 2.36. The van der Waals surface area contributed by atoms with Gasteiger partial charge >= 0.3 is 6.18 Å². The van der Waals surface area contributed by atoms with Crippen LogP contribution in [-0.4, -0.2) is 11.5 Å². The monoisotopic (exact) mass is 256 g/mol. The SMILES string of the molecule is Cc1cc(C)c2[nH]c(C(F)(F)F)c(CCN)c2c1. The van der Waals surface area contributed by atoms with Gasteiger partial charge in [-0.25, -0.2) is 0 Å². The molecule has 5 heteroatoms. The predicted octanol–water partition coefficient (Wildman–Crippen LogP) is 3.30. The standard InChI is InChI=1S/C13H15F3N2/c1-7-5-8(2)11-10(6-7)9(3-4-17)12(18-11)13(14,15)16/h5-6,18H,3-4,17H2,1-2H3. The van der Waals surface area contributed by atoms with Crippen molar-refractivity contribution in [2.45, 2.75) is 26.4 Å². The molecule has 0 aliphatic carbocycles. The molecule has 0 bridgehead atoms. The smallest absolute Gasteiger partial charge is 0.351 e. The summed E-state index contributed by atoms with van der Waals surface area (Å²) in [7, 11) is 0. The van der Waals surface area contributed by atoms with E-state index in [0.29, 0.717) is 10.9 Å². The highest BCUT2D eigenvalue weighted by atomic mass is 19.4. The number of hydrogen-bond acceptors (Lipinski definition) is 1. The molecule has 0 fully saturated rings. The first-order chi connectivity index (χ1) is 8.34. The first-order valence-corrected chi connectivity index (χ1v) is 5.73. The molecule has 0 saturated heterocycles. The summed E-state index contributed by atoms with van der Waals surface area (Å²) < 4.78 is 38.9. The lowest BCUT2D eigenvalue weighted by atomic mass is 10.0. The number of halogens is 3. The molecule has 0 aliphatic rings. The first-order valence-electron chi connectivity index (χ1n) is 5.73. The van der Waals surface area contributed by atoms with Crippen LogP contribution in [0.25, 0.3) is 10.9 Å². The average Bonchev–Trinajstić information content (AvgIpc) is 2.58. The Morgan fingerprint density at radius 3 is 2.44 bits per heavy atom. The van der Waals surface area contributed by atoms with E-state index < -0.39 is 11.9 Å². The minimum Gasteiger partial charge on any atom is -0.351 e. The second kappa shape index (κ2) is 4.31. The Balaban J connectivity index is 2.79. The third-order valence-electron chi connectivity index (χ3n) is 3.03. The summed E-state index contributed by atoms with van der Waals surface area (Å²) in [6.07, 6.45) is -4.15. The minimum absolute atomic E-state index is 0.197. The zero-order chi connectivity index (χ0) is 13.5. The van der Waals surface area contributed by atoms with E-state index in [1.54, 1.807) is 13.0 Å².